The molecule has 2 aliphatic rings. The fourth-order valence-electron chi connectivity index (χ4n) is 5.60. The zero-order valence-corrected chi connectivity index (χ0v) is 20.4. The lowest BCUT2D eigenvalue weighted by atomic mass is 9.81. The van der Waals surface area contributed by atoms with Crippen molar-refractivity contribution in [3.8, 4) is 0 Å². The molecular weight excluding hydrogens is 436 g/mol. The lowest BCUT2D eigenvalue weighted by Gasteiger charge is -2.23. The third-order valence-corrected chi connectivity index (χ3v) is 7.48. The summed E-state index contributed by atoms with van der Waals surface area (Å²) in [5.74, 6) is -2.08. The Morgan fingerprint density at radius 2 is 1.57 bits per heavy atom. The first kappa shape index (κ1) is 23.1. The van der Waals surface area contributed by atoms with Gasteiger partial charge < -0.3 is 10.2 Å². The van der Waals surface area contributed by atoms with Gasteiger partial charge in [0.05, 0.1) is 11.1 Å². The molecule has 3 aromatic rings. The van der Waals surface area contributed by atoms with Gasteiger partial charge in [-0.25, -0.2) is 9.59 Å². The highest BCUT2D eigenvalue weighted by Crippen LogP contribution is 2.27. The van der Waals surface area contributed by atoms with Crippen LogP contribution in [-0.4, -0.2) is 22.2 Å². The van der Waals surface area contributed by atoms with Crippen LogP contribution in [0.5, 0.6) is 0 Å². The minimum atomic E-state index is -1.09. The molecule has 0 aromatic heterocycles. The van der Waals surface area contributed by atoms with Gasteiger partial charge in [0.15, 0.2) is 0 Å². The van der Waals surface area contributed by atoms with E-state index in [1.807, 2.05) is 0 Å². The normalized spacial score (nSPS) is 16.3. The number of carboxylic acids is 2. The molecule has 1 unspecified atom stereocenters. The van der Waals surface area contributed by atoms with Crippen molar-refractivity contribution in [2.75, 3.05) is 0 Å². The molecule has 0 saturated carbocycles. The number of carboxylic acid groups (broad SMARTS) is 2. The first-order chi connectivity index (χ1) is 16.6. The number of carbonyl (C=O) groups is 2. The van der Waals surface area contributed by atoms with Gasteiger partial charge in [0.25, 0.3) is 0 Å². The molecule has 0 amide bonds. The van der Waals surface area contributed by atoms with E-state index in [4.69, 9.17) is 0 Å². The van der Waals surface area contributed by atoms with E-state index in [0.29, 0.717) is 12.0 Å². The van der Waals surface area contributed by atoms with E-state index >= 15 is 0 Å². The van der Waals surface area contributed by atoms with E-state index in [-0.39, 0.29) is 22.5 Å². The Hall–Kier alpha value is -3.66. The van der Waals surface area contributed by atoms with Crippen LogP contribution in [0.3, 0.4) is 0 Å². The first-order valence-electron chi connectivity index (χ1n) is 12.2. The van der Waals surface area contributed by atoms with Gasteiger partial charge in [-0.2, -0.15) is 0 Å². The van der Waals surface area contributed by atoms with E-state index in [1.54, 1.807) is 0 Å². The third-order valence-electron chi connectivity index (χ3n) is 7.48. The number of hydrogen-bond acceptors (Lipinski definition) is 2. The zero-order chi connectivity index (χ0) is 24.9. The Kier molecular flexibility index (Phi) is 5.63. The molecule has 1 atom stereocenters. The quantitative estimate of drug-likeness (QED) is 0.590. The molecule has 5 rings (SSSR count). The Morgan fingerprint density at radius 3 is 2.23 bits per heavy atom. The SMILES string of the molecule is CC(C)(C)c1ccc2c(c1)=CCc1c3c(ccc1=2)=CC(Cc1c(C(=O)O)cccc1C(=O)O)CC3. The molecule has 2 N–H and O–H groups in total. The second-order valence-electron chi connectivity index (χ2n) is 10.7. The number of aromatic carboxylic acids is 2. The van der Waals surface area contributed by atoms with Crippen molar-refractivity contribution in [1.29, 1.82) is 0 Å². The second-order valence-corrected chi connectivity index (χ2v) is 10.7. The van der Waals surface area contributed by atoms with E-state index in [2.05, 4.69) is 63.3 Å². The topological polar surface area (TPSA) is 74.6 Å². The van der Waals surface area contributed by atoms with Gasteiger partial charge in [-0.05, 0) is 92.3 Å². The molecule has 35 heavy (non-hydrogen) atoms. The molecular formula is C31H30O4. The zero-order valence-electron chi connectivity index (χ0n) is 20.4. The number of hydrogen-bond donors (Lipinski definition) is 2. The van der Waals surface area contributed by atoms with Gasteiger partial charge in [0, 0.05) is 0 Å². The van der Waals surface area contributed by atoms with Crippen molar-refractivity contribution in [3.63, 3.8) is 0 Å². The minimum Gasteiger partial charge on any atom is -0.478 e. The molecule has 0 aliphatic heterocycles. The number of benzene rings is 3. The Morgan fingerprint density at radius 1 is 0.886 bits per heavy atom. The fourth-order valence-corrected chi connectivity index (χ4v) is 5.60. The van der Waals surface area contributed by atoms with Gasteiger partial charge >= 0.3 is 11.9 Å². The molecule has 0 radical (unpaired) electrons. The molecule has 0 spiro atoms. The molecule has 4 heteroatoms. The molecule has 0 saturated heterocycles. The monoisotopic (exact) mass is 466 g/mol. The number of rotatable bonds is 4. The van der Waals surface area contributed by atoms with Crippen molar-refractivity contribution >= 4 is 24.1 Å². The maximum Gasteiger partial charge on any atom is 0.335 e. The smallest absolute Gasteiger partial charge is 0.335 e. The molecule has 4 nitrogen and oxygen atoms in total. The Labute approximate surface area is 204 Å². The van der Waals surface area contributed by atoms with Crippen LogP contribution < -0.4 is 10.4 Å². The van der Waals surface area contributed by atoms with Crippen LogP contribution >= 0.6 is 0 Å². The van der Waals surface area contributed by atoms with Crippen molar-refractivity contribution < 1.29 is 19.8 Å². The highest BCUT2D eigenvalue weighted by molar-refractivity contribution is 5.96. The lowest BCUT2D eigenvalue weighted by molar-refractivity contribution is 0.0695. The van der Waals surface area contributed by atoms with E-state index in [0.717, 1.165) is 19.3 Å². The molecule has 0 fully saturated rings. The van der Waals surface area contributed by atoms with Crippen molar-refractivity contribution in [3.05, 3.63) is 103 Å². The maximum atomic E-state index is 11.8. The van der Waals surface area contributed by atoms with Crippen LogP contribution in [-0.2, 0) is 24.7 Å². The van der Waals surface area contributed by atoms with Crippen molar-refractivity contribution in [2.45, 2.75) is 51.9 Å². The van der Waals surface area contributed by atoms with E-state index in [9.17, 15) is 19.8 Å². The van der Waals surface area contributed by atoms with Gasteiger partial charge in [-0.15, -0.1) is 0 Å². The Balaban J connectivity index is 1.58. The summed E-state index contributed by atoms with van der Waals surface area (Å²) in [6.07, 6.45) is 7.63. The summed E-state index contributed by atoms with van der Waals surface area (Å²) >= 11 is 0. The minimum absolute atomic E-state index is 0.0790. The van der Waals surface area contributed by atoms with E-state index in [1.165, 1.54) is 55.8 Å². The average Bonchev–Trinajstić information content (AvgIpc) is 2.82. The predicted molar refractivity (Wildman–Crippen MR) is 137 cm³/mol. The highest BCUT2D eigenvalue weighted by Gasteiger charge is 2.23. The number of fused-ring (bicyclic) bond motifs is 4. The summed E-state index contributed by atoms with van der Waals surface area (Å²) in [7, 11) is 0. The van der Waals surface area contributed by atoms with Crippen LogP contribution in [0.1, 0.15) is 70.2 Å². The van der Waals surface area contributed by atoms with Crippen LogP contribution in [0.4, 0.5) is 0 Å². The first-order valence-corrected chi connectivity index (χ1v) is 12.2. The molecule has 0 heterocycles. The summed E-state index contributed by atoms with van der Waals surface area (Å²) in [5.41, 5.74) is 4.77. The largest absolute Gasteiger partial charge is 0.478 e. The Bertz CT molecular complexity index is 1560. The van der Waals surface area contributed by atoms with Crippen LogP contribution in [0, 0.1) is 16.4 Å². The van der Waals surface area contributed by atoms with E-state index < -0.39 is 11.9 Å². The van der Waals surface area contributed by atoms with Crippen LogP contribution in [0.25, 0.3) is 12.2 Å². The molecule has 178 valence electrons. The summed E-state index contributed by atoms with van der Waals surface area (Å²) in [4.78, 5) is 23.5. The van der Waals surface area contributed by atoms with Gasteiger partial charge in [-0.1, -0.05) is 69.3 Å². The van der Waals surface area contributed by atoms with Gasteiger partial charge in [-0.3, -0.25) is 0 Å². The standard InChI is InChI=1S/C31H30O4/c1-31(2,3)21-10-14-23-20(17-21)9-13-24-22-11-7-18(15-19(22)8-12-25(23)24)16-28-26(29(32)33)5-4-6-27(28)30(34)35/h4-6,8-10,12,14-15,17-18H,7,11,13,16H2,1-3H3,(H,32,33)(H,34,35). The third kappa shape index (κ3) is 4.18. The lowest BCUT2D eigenvalue weighted by Crippen LogP contribution is -2.25. The van der Waals surface area contributed by atoms with Crippen molar-refractivity contribution in [1.82, 2.24) is 0 Å². The summed E-state index contributed by atoms with van der Waals surface area (Å²) in [6.45, 7) is 6.72. The second kappa shape index (κ2) is 8.53. The van der Waals surface area contributed by atoms with Crippen molar-refractivity contribution in [2.24, 2.45) is 5.92 Å². The summed E-state index contributed by atoms with van der Waals surface area (Å²) < 4.78 is 0. The average molecular weight is 467 g/mol. The fraction of sp³-hybridized carbons (Fsp3) is 0.290. The maximum absolute atomic E-state index is 11.8. The molecule has 3 aromatic carbocycles. The van der Waals surface area contributed by atoms with Gasteiger partial charge in [0.1, 0.15) is 0 Å². The molecule has 2 aliphatic carbocycles. The predicted octanol–water partition coefficient (Wildman–Crippen LogP) is 4.59. The van der Waals surface area contributed by atoms with Crippen LogP contribution in [0.15, 0.2) is 48.5 Å². The van der Waals surface area contributed by atoms with Crippen LogP contribution in [0.2, 0.25) is 0 Å². The van der Waals surface area contributed by atoms with Gasteiger partial charge in [0.2, 0.25) is 0 Å². The summed E-state index contributed by atoms with van der Waals surface area (Å²) in [6, 6.07) is 15.7. The summed E-state index contributed by atoms with van der Waals surface area (Å²) in [5, 5.41) is 24.3. The highest BCUT2D eigenvalue weighted by atomic mass is 16.4. The molecule has 0 bridgehead atoms.